The molecule has 0 saturated heterocycles. The highest BCUT2D eigenvalue weighted by Crippen LogP contribution is 2.15. The van der Waals surface area contributed by atoms with Crippen LogP contribution in [0.25, 0.3) is 0 Å². The van der Waals surface area contributed by atoms with E-state index in [0.29, 0.717) is 17.9 Å². The van der Waals surface area contributed by atoms with Crippen LogP contribution in [-0.4, -0.2) is 19.2 Å². The second-order valence-electron chi connectivity index (χ2n) is 2.75. The fraction of sp³-hybridized carbons (Fsp3) is 0.200. The zero-order valence-corrected chi connectivity index (χ0v) is 8.06. The molecule has 3 N–H and O–H groups in total. The van der Waals surface area contributed by atoms with Crippen molar-refractivity contribution in [3.05, 3.63) is 29.8 Å². The van der Waals surface area contributed by atoms with Crippen LogP contribution in [0.2, 0.25) is 0 Å². The lowest BCUT2D eigenvalue weighted by Gasteiger charge is -2.07. The summed E-state index contributed by atoms with van der Waals surface area (Å²) in [5.41, 5.74) is 5.34. The number of carbonyl (C=O) groups excluding carboxylic acids is 1. The number of ether oxygens (including phenoxy) is 1. The molecular weight excluding hydrogens is 194 g/mol. The molecule has 5 nitrogen and oxygen atoms in total. The third-order valence-electron chi connectivity index (χ3n) is 1.67. The monoisotopic (exact) mass is 205 g/mol. The zero-order valence-electron chi connectivity index (χ0n) is 8.06. The van der Waals surface area contributed by atoms with Gasteiger partial charge in [-0.15, -0.1) is 0 Å². The second-order valence-corrected chi connectivity index (χ2v) is 2.75. The molecule has 1 aromatic rings. The first kappa shape index (κ1) is 10.9. The van der Waals surface area contributed by atoms with Crippen molar-refractivity contribution in [2.75, 3.05) is 13.2 Å². The van der Waals surface area contributed by atoms with Crippen molar-refractivity contribution in [2.45, 2.75) is 0 Å². The van der Waals surface area contributed by atoms with Crippen molar-refractivity contribution < 1.29 is 9.53 Å². The largest absolute Gasteiger partial charge is 0.490 e. The van der Waals surface area contributed by atoms with E-state index < -0.39 is 6.03 Å². The van der Waals surface area contributed by atoms with Crippen LogP contribution >= 0.6 is 0 Å². The molecule has 2 amide bonds. The van der Waals surface area contributed by atoms with Crippen LogP contribution in [0.4, 0.5) is 4.79 Å². The van der Waals surface area contributed by atoms with Crippen molar-refractivity contribution in [2.24, 2.45) is 5.73 Å². The van der Waals surface area contributed by atoms with Crippen LogP contribution in [-0.2, 0) is 0 Å². The van der Waals surface area contributed by atoms with E-state index in [1.807, 2.05) is 6.07 Å². The Hall–Kier alpha value is -2.22. The van der Waals surface area contributed by atoms with Crippen molar-refractivity contribution in [1.29, 1.82) is 5.26 Å². The Morgan fingerprint density at radius 1 is 1.53 bits per heavy atom. The van der Waals surface area contributed by atoms with Crippen LogP contribution in [0.15, 0.2) is 24.3 Å². The number of nitrogens with one attached hydrogen (secondary N) is 1. The van der Waals surface area contributed by atoms with Crippen molar-refractivity contribution in [3.8, 4) is 11.8 Å². The predicted octanol–water partition coefficient (Wildman–Crippen LogP) is 0.605. The average molecular weight is 205 g/mol. The molecule has 0 radical (unpaired) electrons. The van der Waals surface area contributed by atoms with Gasteiger partial charge in [0.15, 0.2) is 0 Å². The van der Waals surface area contributed by atoms with E-state index in [-0.39, 0.29) is 6.61 Å². The summed E-state index contributed by atoms with van der Waals surface area (Å²) in [6, 6.07) is 8.31. The van der Waals surface area contributed by atoms with Gasteiger partial charge in [-0.05, 0) is 12.1 Å². The van der Waals surface area contributed by atoms with Gasteiger partial charge in [0.1, 0.15) is 18.4 Å². The normalized spacial score (nSPS) is 9.00. The van der Waals surface area contributed by atoms with Gasteiger partial charge < -0.3 is 15.8 Å². The summed E-state index contributed by atoms with van der Waals surface area (Å²) in [6.45, 7) is 0.594. The van der Waals surface area contributed by atoms with Gasteiger partial charge in [-0.3, -0.25) is 0 Å². The highest BCUT2D eigenvalue weighted by Gasteiger charge is 2.00. The molecule has 1 rings (SSSR count). The van der Waals surface area contributed by atoms with E-state index in [0.717, 1.165) is 0 Å². The number of urea groups is 1. The number of nitrogens with two attached hydrogens (primary N) is 1. The summed E-state index contributed by atoms with van der Waals surface area (Å²) in [6.07, 6.45) is 0. The first-order chi connectivity index (χ1) is 7.24. The third-order valence-corrected chi connectivity index (χ3v) is 1.67. The van der Waals surface area contributed by atoms with Gasteiger partial charge in [-0.1, -0.05) is 12.1 Å². The Bertz CT molecular complexity index is 384. The summed E-state index contributed by atoms with van der Waals surface area (Å²) in [5.74, 6) is 0.506. The van der Waals surface area contributed by atoms with Gasteiger partial charge in [-0.25, -0.2) is 4.79 Å². The molecule has 0 spiro atoms. The molecule has 0 unspecified atom stereocenters. The average Bonchev–Trinajstić information content (AvgIpc) is 2.24. The highest BCUT2D eigenvalue weighted by atomic mass is 16.5. The van der Waals surface area contributed by atoms with Crippen LogP contribution in [0, 0.1) is 11.3 Å². The van der Waals surface area contributed by atoms with Crippen molar-refractivity contribution in [3.63, 3.8) is 0 Å². The van der Waals surface area contributed by atoms with Crippen molar-refractivity contribution in [1.82, 2.24) is 5.32 Å². The minimum absolute atomic E-state index is 0.279. The summed E-state index contributed by atoms with van der Waals surface area (Å²) in [5, 5.41) is 11.1. The Kier molecular flexibility index (Phi) is 3.98. The maximum absolute atomic E-state index is 10.3. The molecule has 78 valence electrons. The lowest BCUT2D eigenvalue weighted by molar-refractivity contribution is 0.244. The molecule has 5 heteroatoms. The first-order valence-electron chi connectivity index (χ1n) is 4.39. The number of para-hydroxylation sites is 1. The number of hydrogen-bond acceptors (Lipinski definition) is 3. The number of amides is 2. The van der Waals surface area contributed by atoms with E-state index in [1.165, 1.54) is 0 Å². The maximum atomic E-state index is 10.3. The number of benzene rings is 1. The van der Waals surface area contributed by atoms with Gasteiger partial charge >= 0.3 is 6.03 Å². The molecule has 0 aromatic heterocycles. The smallest absolute Gasteiger partial charge is 0.312 e. The maximum Gasteiger partial charge on any atom is 0.312 e. The van der Waals surface area contributed by atoms with E-state index >= 15 is 0 Å². The Balaban J connectivity index is 2.44. The fourth-order valence-electron chi connectivity index (χ4n) is 1.02. The molecule has 1 aromatic carbocycles. The second kappa shape index (κ2) is 5.50. The summed E-state index contributed by atoms with van der Waals surface area (Å²) < 4.78 is 5.29. The zero-order chi connectivity index (χ0) is 11.1. The number of primary amides is 1. The van der Waals surface area contributed by atoms with Crippen LogP contribution in [0.1, 0.15) is 5.56 Å². The summed E-state index contributed by atoms with van der Waals surface area (Å²) in [4.78, 5) is 10.3. The molecule has 0 atom stereocenters. The lowest BCUT2D eigenvalue weighted by atomic mass is 10.2. The van der Waals surface area contributed by atoms with Gasteiger partial charge in [0.2, 0.25) is 0 Å². The molecule has 0 aliphatic carbocycles. The van der Waals surface area contributed by atoms with Crippen LogP contribution in [0.3, 0.4) is 0 Å². The van der Waals surface area contributed by atoms with E-state index in [2.05, 4.69) is 5.32 Å². The predicted molar refractivity (Wildman–Crippen MR) is 54.2 cm³/mol. The molecule has 0 aliphatic heterocycles. The van der Waals surface area contributed by atoms with Crippen LogP contribution < -0.4 is 15.8 Å². The molecule has 15 heavy (non-hydrogen) atoms. The molecular formula is C10H11N3O2. The number of nitriles is 1. The molecule has 0 bridgehead atoms. The highest BCUT2D eigenvalue weighted by molar-refractivity contribution is 5.71. The SMILES string of the molecule is N#Cc1ccccc1OCCNC(N)=O. The summed E-state index contributed by atoms with van der Waals surface area (Å²) >= 11 is 0. The molecule has 0 aliphatic rings. The Morgan fingerprint density at radius 3 is 2.93 bits per heavy atom. The van der Waals surface area contributed by atoms with E-state index in [1.54, 1.807) is 24.3 Å². The number of nitrogens with zero attached hydrogens (tertiary/aromatic N) is 1. The number of hydrogen-bond donors (Lipinski definition) is 2. The van der Waals surface area contributed by atoms with Gasteiger partial charge in [0, 0.05) is 0 Å². The molecule has 0 fully saturated rings. The number of rotatable bonds is 4. The lowest BCUT2D eigenvalue weighted by Crippen LogP contribution is -2.32. The van der Waals surface area contributed by atoms with Crippen molar-refractivity contribution >= 4 is 6.03 Å². The van der Waals surface area contributed by atoms with E-state index in [4.69, 9.17) is 15.7 Å². The van der Waals surface area contributed by atoms with Crippen LogP contribution in [0.5, 0.6) is 5.75 Å². The minimum Gasteiger partial charge on any atom is -0.490 e. The quantitative estimate of drug-likeness (QED) is 0.705. The van der Waals surface area contributed by atoms with E-state index in [9.17, 15) is 4.79 Å². The van der Waals surface area contributed by atoms with Gasteiger partial charge in [0.05, 0.1) is 12.1 Å². The Morgan fingerprint density at radius 2 is 2.27 bits per heavy atom. The minimum atomic E-state index is -0.591. The molecule has 0 saturated carbocycles. The fourth-order valence-corrected chi connectivity index (χ4v) is 1.02. The standard InChI is InChI=1S/C10H11N3O2/c11-7-8-3-1-2-4-9(8)15-6-5-13-10(12)14/h1-4H,5-6H2,(H3,12,13,14). The van der Waals surface area contributed by atoms with Gasteiger partial charge in [0.25, 0.3) is 0 Å². The van der Waals surface area contributed by atoms with Gasteiger partial charge in [-0.2, -0.15) is 5.26 Å². The summed E-state index contributed by atoms with van der Waals surface area (Å²) in [7, 11) is 0. The number of carbonyl (C=O) groups is 1. The topological polar surface area (TPSA) is 88.1 Å². The third kappa shape index (κ3) is 3.56. The Labute approximate surface area is 87.4 Å². The molecule has 0 heterocycles. The first-order valence-corrected chi connectivity index (χ1v) is 4.39.